The molecule has 3 heteroatoms. The maximum absolute atomic E-state index is 13.3. The van der Waals surface area contributed by atoms with Crippen LogP contribution in [0.4, 0.5) is 4.39 Å². The molecule has 1 N–H and O–H groups in total. The van der Waals surface area contributed by atoms with E-state index < -0.39 is 6.17 Å². The second-order valence-electron chi connectivity index (χ2n) is 2.91. The third kappa shape index (κ3) is 1.27. The molecule has 1 heterocycles. The Hall–Kier alpha value is -0.410. The predicted molar refractivity (Wildman–Crippen MR) is 49.7 cm³/mol. The molecule has 1 aromatic rings. The fraction of sp³-hybridized carbons (Fsp3) is 0.333. The van der Waals surface area contributed by atoms with Gasteiger partial charge in [0.25, 0.3) is 0 Å². The number of rotatable bonds is 0. The molecule has 0 amide bonds. The topological polar surface area (TPSA) is 12.0 Å². The summed E-state index contributed by atoms with van der Waals surface area (Å²) in [6, 6.07) is 5.78. The number of benzene rings is 1. The van der Waals surface area contributed by atoms with E-state index in [-0.39, 0.29) is 0 Å². The molecule has 0 radical (unpaired) electrons. The zero-order chi connectivity index (χ0) is 8.55. The van der Waals surface area contributed by atoms with Crippen LogP contribution in [-0.4, -0.2) is 6.54 Å². The summed E-state index contributed by atoms with van der Waals surface area (Å²) in [5.41, 5.74) is 1.87. The Morgan fingerprint density at radius 1 is 1.50 bits per heavy atom. The number of halogens is 2. The van der Waals surface area contributed by atoms with Gasteiger partial charge in [0.15, 0.2) is 0 Å². The molecule has 0 saturated carbocycles. The quantitative estimate of drug-likeness (QED) is 0.722. The van der Waals surface area contributed by atoms with Crippen molar-refractivity contribution in [1.29, 1.82) is 0 Å². The van der Waals surface area contributed by atoms with Gasteiger partial charge in [0.05, 0.1) is 0 Å². The molecule has 1 unspecified atom stereocenters. The molecule has 12 heavy (non-hydrogen) atoms. The van der Waals surface area contributed by atoms with Gasteiger partial charge in [0, 0.05) is 23.1 Å². The van der Waals surface area contributed by atoms with E-state index in [1.807, 2.05) is 18.2 Å². The van der Waals surface area contributed by atoms with Crippen molar-refractivity contribution in [2.45, 2.75) is 12.7 Å². The van der Waals surface area contributed by atoms with E-state index >= 15 is 0 Å². The van der Waals surface area contributed by atoms with Crippen LogP contribution in [-0.2, 0) is 6.54 Å². The van der Waals surface area contributed by atoms with Crippen molar-refractivity contribution >= 4 is 15.9 Å². The molecule has 0 aliphatic carbocycles. The van der Waals surface area contributed by atoms with Gasteiger partial charge in [-0.3, -0.25) is 0 Å². The Bertz CT molecular complexity index is 301. The van der Waals surface area contributed by atoms with E-state index in [0.717, 1.165) is 22.1 Å². The first kappa shape index (κ1) is 8.20. The molecule has 1 aliphatic rings. The van der Waals surface area contributed by atoms with Crippen LogP contribution < -0.4 is 5.32 Å². The minimum atomic E-state index is -0.871. The molecule has 0 aromatic heterocycles. The summed E-state index contributed by atoms with van der Waals surface area (Å²) < 4.78 is 14.2. The third-order valence-corrected chi connectivity index (χ3v) is 2.79. The Morgan fingerprint density at radius 3 is 3.08 bits per heavy atom. The monoisotopic (exact) mass is 229 g/mol. The largest absolute Gasteiger partial charge is 0.309 e. The number of nitrogens with one attached hydrogen (secondary N) is 1. The zero-order valence-corrected chi connectivity index (χ0v) is 8.07. The average molecular weight is 230 g/mol. The molecular weight excluding hydrogens is 221 g/mol. The second-order valence-corrected chi connectivity index (χ2v) is 3.77. The summed E-state index contributed by atoms with van der Waals surface area (Å²) in [6.07, 6.45) is -0.871. The standard InChI is InChI=1S/C9H9BrFN/c10-7-3-1-2-6-4-12-5-8(11)9(6)7/h1-3,8,12H,4-5H2. The number of hydrogen-bond acceptors (Lipinski definition) is 1. The molecule has 2 rings (SSSR count). The SMILES string of the molecule is FC1CNCc2cccc(Br)c21. The van der Waals surface area contributed by atoms with Gasteiger partial charge in [-0.25, -0.2) is 4.39 Å². The van der Waals surface area contributed by atoms with Crippen molar-refractivity contribution in [3.63, 3.8) is 0 Å². The minimum Gasteiger partial charge on any atom is -0.309 e. The van der Waals surface area contributed by atoms with E-state index in [1.165, 1.54) is 0 Å². The highest BCUT2D eigenvalue weighted by atomic mass is 79.9. The van der Waals surface area contributed by atoms with Gasteiger partial charge < -0.3 is 5.32 Å². The van der Waals surface area contributed by atoms with Crippen molar-refractivity contribution < 1.29 is 4.39 Å². The van der Waals surface area contributed by atoms with E-state index in [2.05, 4.69) is 21.2 Å². The summed E-state index contributed by atoms with van der Waals surface area (Å²) in [4.78, 5) is 0. The Labute approximate surface area is 79.1 Å². The second kappa shape index (κ2) is 3.15. The summed E-state index contributed by atoms with van der Waals surface area (Å²) >= 11 is 3.35. The van der Waals surface area contributed by atoms with Crippen molar-refractivity contribution in [2.24, 2.45) is 0 Å². The minimum absolute atomic E-state index is 0.426. The van der Waals surface area contributed by atoms with Gasteiger partial charge in [-0.05, 0) is 11.6 Å². The van der Waals surface area contributed by atoms with Crippen LogP contribution in [0.3, 0.4) is 0 Å². The van der Waals surface area contributed by atoms with E-state index in [1.54, 1.807) is 0 Å². The maximum atomic E-state index is 13.3. The van der Waals surface area contributed by atoms with Crippen LogP contribution in [0.15, 0.2) is 22.7 Å². The average Bonchev–Trinajstić information content (AvgIpc) is 2.04. The number of fused-ring (bicyclic) bond motifs is 1. The first-order valence-corrected chi connectivity index (χ1v) is 4.70. The molecular formula is C9H9BrFN. The fourth-order valence-corrected chi connectivity index (χ4v) is 2.18. The summed E-state index contributed by atoms with van der Waals surface area (Å²) in [7, 11) is 0. The maximum Gasteiger partial charge on any atom is 0.139 e. The van der Waals surface area contributed by atoms with E-state index in [9.17, 15) is 4.39 Å². The number of hydrogen-bond donors (Lipinski definition) is 1. The van der Waals surface area contributed by atoms with Crippen LogP contribution in [0, 0.1) is 0 Å². The molecule has 1 atom stereocenters. The van der Waals surface area contributed by atoms with Gasteiger partial charge in [-0.2, -0.15) is 0 Å². The van der Waals surface area contributed by atoms with Gasteiger partial charge in [0.2, 0.25) is 0 Å². The highest BCUT2D eigenvalue weighted by Crippen LogP contribution is 2.31. The molecule has 64 valence electrons. The Kier molecular flexibility index (Phi) is 2.15. The lowest BCUT2D eigenvalue weighted by molar-refractivity contribution is 0.309. The van der Waals surface area contributed by atoms with Gasteiger partial charge in [0.1, 0.15) is 6.17 Å². The smallest absolute Gasteiger partial charge is 0.139 e. The highest BCUT2D eigenvalue weighted by Gasteiger charge is 2.20. The van der Waals surface area contributed by atoms with E-state index in [4.69, 9.17) is 0 Å². The number of alkyl halides is 1. The zero-order valence-electron chi connectivity index (χ0n) is 6.48. The molecule has 1 aromatic carbocycles. The summed E-state index contributed by atoms with van der Waals surface area (Å²) in [5, 5.41) is 3.02. The Morgan fingerprint density at radius 2 is 2.33 bits per heavy atom. The van der Waals surface area contributed by atoms with Gasteiger partial charge >= 0.3 is 0 Å². The van der Waals surface area contributed by atoms with Crippen molar-refractivity contribution in [3.05, 3.63) is 33.8 Å². The van der Waals surface area contributed by atoms with Crippen molar-refractivity contribution in [3.8, 4) is 0 Å². The third-order valence-electron chi connectivity index (χ3n) is 2.10. The van der Waals surface area contributed by atoms with Gasteiger partial charge in [-0.15, -0.1) is 0 Å². The van der Waals surface area contributed by atoms with Gasteiger partial charge in [-0.1, -0.05) is 28.1 Å². The first-order chi connectivity index (χ1) is 5.79. The van der Waals surface area contributed by atoms with Crippen molar-refractivity contribution in [2.75, 3.05) is 6.54 Å². The van der Waals surface area contributed by atoms with Crippen LogP contribution >= 0.6 is 15.9 Å². The lowest BCUT2D eigenvalue weighted by Crippen LogP contribution is -2.26. The fourth-order valence-electron chi connectivity index (χ4n) is 1.52. The van der Waals surface area contributed by atoms with Crippen LogP contribution in [0.2, 0.25) is 0 Å². The molecule has 1 aliphatic heterocycles. The van der Waals surface area contributed by atoms with Crippen LogP contribution in [0.5, 0.6) is 0 Å². The summed E-state index contributed by atoms with van der Waals surface area (Å²) in [6.45, 7) is 1.20. The molecule has 0 spiro atoms. The van der Waals surface area contributed by atoms with Crippen LogP contribution in [0.1, 0.15) is 17.3 Å². The Balaban J connectivity index is 2.53. The molecule has 0 bridgehead atoms. The van der Waals surface area contributed by atoms with E-state index in [0.29, 0.717) is 6.54 Å². The van der Waals surface area contributed by atoms with Crippen LogP contribution in [0.25, 0.3) is 0 Å². The lowest BCUT2D eigenvalue weighted by Gasteiger charge is -2.21. The van der Waals surface area contributed by atoms with Crippen molar-refractivity contribution in [1.82, 2.24) is 5.32 Å². The normalized spacial score (nSPS) is 22.0. The summed E-state index contributed by atoms with van der Waals surface area (Å²) in [5.74, 6) is 0. The lowest BCUT2D eigenvalue weighted by atomic mass is 10.00. The predicted octanol–water partition coefficient (Wildman–Crippen LogP) is 2.56. The molecule has 0 saturated heterocycles. The first-order valence-electron chi connectivity index (χ1n) is 3.91. The molecule has 1 nitrogen and oxygen atoms in total. The molecule has 0 fully saturated rings. The highest BCUT2D eigenvalue weighted by molar-refractivity contribution is 9.10.